The number of thioether (sulfide) groups is 1. The minimum absolute atomic E-state index is 0.245. The van der Waals surface area contributed by atoms with Gasteiger partial charge in [0, 0.05) is 11.3 Å². The van der Waals surface area contributed by atoms with Crippen LogP contribution in [0.5, 0.6) is 0 Å². The zero-order valence-electron chi connectivity index (χ0n) is 11.8. The summed E-state index contributed by atoms with van der Waals surface area (Å²) >= 11 is 1.34. The molecule has 23 heavy (non-hydrogen) atoms. The fourth-order valence-electron chi connectivity index (χ4n) is 1.87. The zero-order valence-corrected chi connectivity index (χ0v) is 12.6. The van der Waals surface area contributed by atoms with Gasteiger partial charge in [-0.2, -0.15) is 0 Å². The molecule has 1 aromatic heterocycles. The maximum atomic E-state index is 12.9. The summed E-state index contributed by atoms with van der Waals surface area (Å²) < 4.78 is 18.4. The van der Waals surface area contributed by atoms with E-state index in [0.717, 1.165) is 5.56 Å². The molecule has 0 aliphatic rings. The van der Waals surface area contributed by atoms with Gasteiger partial charge < -0.3 is 9.52 Å². The van der Waals surface area contributed by atoms with Crippen LogP contribution in [-0.4, -0.2) is 21.3 Å². The summed E-state index contributed by atoms with van der Waals surface area (Å²) in [6.07, 6.45) is 0. The summed E-state index contributed by atoms with van der Waals surface area (Å²) in [5, 5.41) is 17.1. The highest BCUT2D eigenvalue weighted by Crippen LogP contribution is 2.25. The van der Waals surface area contributed by atoms with Gasteiger partial charge in [0.05, 0.1) is 5.56 Å². The normalized spacial score (nSPS) is 10.7. The standard InChI is InChI=1S/C16H11FN2O3S/c17-13-7-5-11(6-8-13)14-18-19-16(22-14)23-9-10-1-3-12(4-2-10)15(20)21/h1-8H,9H2,(H,20,21). The molecule has 0 atom stereocenters. The third kappa shape index (κ3) is 3.75. The van der Waals surface area contributed by atoms with E-state index in [1.54, 1.807) is 36.4 Å². The molecule has 1 N–H and O–H groups in total. The monoisotopic (exact) mass is 330 g/mol. The van der Waals surface area contributed by atoms with Gasteiger partial charge in [-0.3, -0.25) is 0 Å². The van der Waals surface area contributed by atoms with Crippen molar-refractivity contribution < 1.29 is 18.7 Å². The van der Waals surface area contributed by atoms with Crippen molar-refractivity contribution in [2.75, 3.05) is 0 Å². The summed E-state index contributed by atoms with van der Waals surface area (Å²) in [5.74, 6) is -0.378. The van der Waals surface area contributed by atoms with Gasteiger partial charge in [-0.05, 0) is 42.0 Å². The Morgan fingerprint density at radius 1 is 1.09 bits per heavy atom. The minimum Gasteiger partial charge on any atom is -0.478 e. The molecule has 5 nitrogen and oxygen atoms in total. The first-order valence-corrected chi connectivity index (χ1v) is 7.65. The highest BCUT2D eigenvalue weighted by molar-refractivity contribution is 7.98. The molecule has 0 spiro atoms. The van der Waals surface area contributed by atoms with Crippen LogP contribution in [0.15, 0.2) is 58.2 Å². The molecule has 0 saturated heterocycles. The predicted molar refractivity (Wildman–Crippen MR) is 82.7 cm³/mol. The van der Waals surface area contributed by atoms with Gasteiger partial charge in [0.15, 0.2) is 0 Å². The van der Waals surface area contributed by atoms with Crippen molar-refractivity contribution in [1.82, 2.24) is 10.2 Å². The van der Waals surface area contributed by atoms with E-state index in [-0.39, 0.29) is 11.4 Å². The lowest BCUT2D eigenvalue weighted by atomic mass is 10.1. The number of carboxylic acid groups (broad SMARTS) is 1. The summed E-state index contributed by atoms with van der Waals surface area (Å²) in [4.78, 5) is 10.8. The molecule has 116 valence electrons. The number of carbonyl (C=O) groups is 1. The van der Waals surface area contributed by atoms with Gasteiger partial charge >= 0.3 is 5.97 Å². The van der Waals surface area contributed by atoms with Crippen molar-refractivity contribution in [2.24, 2.45) is 0 Å². The first-order valence-electron chi connectivity index (χ1n) is 6.66. The van der Waals surface area contributed by atoms with Crippen molar-refractivity contribution in [3.05, 3.63) is 65.5 Å². The Labute approximate surface area is 135 Å². The SMILES string of the molecule is O=C(O)c1ccc(CSc2nnc(-c3ccc(F)cc3)o2)cc1. The lowest BCUT2D eigenvalue weighted by molar-refractivity contribution is 0.0697. The Balaban J connectivity index is 1.65. The number of nitrogens with zero attached hydrogens (tertiary/aromatic N) is 2. The molecular weight excluding hydrogens is 319 g/mol. The highest BCUT2D eigenvalue weighted by atomic mass is 32.2. The third-order valence-electron chi connectivity index (χ3n) is 3.06. The number of aromatic carboxylic acids is 1. The lowest BCUT2D eigenvalue weighted by Crippen LogP contribution is -1.95. The van der Waals surface area contributed by atoms with E-state index in [0.29, 0.717) is 22.4 Å². The molecule has 0 saturated carbocycles. The molecule has 3 aromatic rings. The Hall–Kier alpha value is -2.67. The summed E-state index contributed by atoms with van der Waals surface area (Å²) in [7, 11) is 0. The molecular formula is C16H11FN2O3S. The van der Waals surface area contributed by atoms with E-state index < -0.39 is 5.97 Å². The van der Waals surface area contributed by atoms with Gasteiger partial charge in [-0.1, -0.05) is 23.9 Å². The second-order valence-corrected chi connectivity index (χ2v) is 5.60. The summed E-state index contributed by atoms with van der Waals surface area (Å²) in [6.45, 7) is 0. The Bertz CT molecular complexity index is 816. The van der Waals surface area contributed by atoms with Crippen LogP contribution in [0.3, 0.4) is 0 Å². The van der Waals surface area contributed by atoms with Gasteiger partial charge in [0.2, 0.25) is 5.89 Å². The number of hydrogen-bond donors (Lipinski definition) is 1. The summed E-state index contributed by atoms with van der Waals surface area (Å²) in [5.41, 5.74) is 1.84. The van der Waals surface area contributed by atoms with Crippen molar-refractivity contribution >= 4 is 17.7 Å². The van der Waals surface area contributed by atoms with Crippen LogP contribution in [0, 0.1) is 5.82 Å². The van der Waals surface area contributed by atoms with Crippen LogP contribution in [0.2, 0.25) is 0 Å². The molecule has 0 aliphatic heterocycles. The van der Waals surface area contributed by atoms with Crippen LogP contribution < -0.4 is 0 Å². The molecule has 0 aliphatic carbocycles. The Morgan fingerprint density at radius 3 is 2.43 bits per heavy atom. The van der Waals surface area contributed by atoms with Gasteiger partial charge in [-0.15, -0.1) is 10.2 Å². The molecule has 0 unspecified atom stereocenters. The van der Waals surface area contributed by atoms with Gasteiger partial charge in [0.1, 0.15) is 5.82 Å². The number of hydrogen-bond acceptors (Lipinski definition) is 5. The lowest BCUT2D eigenvalue weighted by Gasteiger charge is -1.99. The molecule has 3 rings (SSSR count). The van der Waals surface area contributed by atoms with E-state index >= 15 is 0 Å². The highest BCUT2D eigenvalue weighted by Gasteiger charge is 2.10. The average Bonchev–Trinajstić information content (AvgIpc) is 3.03. The number of halogens is 1. The van der Waals surface area contributed by atoms with Crippen LogP contribution in [-0.2, 0) is 5.75 Å². The number of rotatable bonds is 5. The number of carboxylic acids is 1. The van der Waals surface area contributed by atoms with Gasteiger partial charge in [0.25, 0.3) is 5.22 Å². The minimum atomic E-state index is -0.954. The second kappa shape index (κ2) is 6.62. The van der Waals surface area contributed by atoms with Crippen LogP contribution in [0.25, 0.3) is 11.5 Å². The van der Waals surface area contributed by atoms with E-state index in [9.17, 15) is 9.18 Å². The molecule has 7 heteroatoms. The number of aromatic nitrogens is 2. The quantitative estimate of drug-likeness (QED) is 0.716. The van der Waals surface area contributed by atoms with Crippen molar-refractivity contribution in [3.8, 4) is 11.5 Å². The topological polar surface area (TPSA) is 76.2 Å². The average molecular weight is 330 g/mol. The molecule has 0 amide bonds. The van der Waals surface area contributed by atoms with Crippen LogP contribution >= 0.6 is 11.8 Å². The maximum Gasteiger partial charge on any atom is 0.335 e. The zero-order chi connectivity index (χ0) is 16.2. The molecule has 1 heterocycles. The van der Waals surface area contributed by atoms with E-state index in [1.165, 1.54) is 23.9 Å². The first kappa shape index (κ1) is 15.2. The molecule has 0 radical (unpaired) electrons. The van der Waals surface area contributed by atoms with Gasteiger partial charge in [-0.25, -0.2) is 9.18 Å². The Morgan fingerprint density at radius 2 is 1.78 bits per heavy atom. The van der Waals surface area contributed by atoms with Crippen LogP contribution in [0.1, 0.15) is 15.9 Å². The second-order valence-electron chi connectivity index (χ2n) is 4.67. The smallest absolute Gasteiger partial charge is 0.335 e. The van der Waals surface area contributed by atoms with Crippen molar-refractivity contribution in [2.45, 2.75) is 11.0 Å². The van der Waals surface area contributed by atoms with Crippen molar-refractivity contribution in [3.63, 3.8) is 0 Å². The molecule has 0 bridgehead atoms. The fourth-order valence-corrected chi connectivity index (χ4v) is 2.58. The van der Waals surface area contributed by atoms with E-state index in [4.69, 9.17) is 9.52 Å². The van der Waals surface area contributed by atoms with Crippen LogP contribution in [0.4, 0.5) is 4.39 Å². The maximum absolute atomic E-state index is 12.9. The molecule has 0 fully saturated rings. The third-order valence-corrected chi connectivity index (χ3v) is 3.95. The largest absolute Gasteiger partial charge is 0.478 e. The Kier molecular flexibility index (Phi) is 4.38. The molecule has 2 aromatic carbocycles. The van der Waals surface area contributed by atoms with Crippen molar-refractivity contribution in [1.29, 1.82) is 0 Å². The van der Waals surface area contributed by atoms with E-state index in [1.807, 2.05) is 0 Å². The fraction of sp³-hybridized carbons (Fsp3) is 0.0625. The summed E-state index contributed by atoms with van der Waals surface area (Å²) in [6, 6.07) is 12.4. The number of benzene rings is 2. The predicted octanol–water partition coefficient (Wildman–Crippen LogP) is 3.87. The van der Waals surface area contributed by atoms with E-state index in [2.05, 4.69) is 10.2 Å². The first-order chi connectivity index (χ1) is 11.1.